The largest absolute Gasteiger partial charge is 0.490 e. The van der Waals surface area contributed by atoms with E-state index >= 15 is 0 Å². The first kappa shape index (κ1) is 14.9. The highest BCUT2D eigenvalue weighted by Crippen LogP contribution is 2.43. The monoisotopic (exact) mass is 289 g/mol. The van der Waals surface area contributed by atoms with E-state index in [0.29, 0.717) is 6.10 Å². The molecule has 21 heavy (non-hydrogen) atoms. The standard InChI is InChI=1S/C18H27NO2/c1-3-20-18(12-4-5-13-18)17(19-2)14-6-8-15(9-7-14)21-16-10-11-16/h6-9,16-17,19H,3-5,10-13H2,1-2H3. The second-order valence-corrected chi connectivity index (χ2v) is 6.31. The summed E-state index contributed by atoms with van der Waals surface area (Å²) in [5.41, 5.74) is 1.26. The van der Waals surface area contributed by atoms with Crippen LogP contribution in [0.25, 0.3) is 0 Å². The molecule has 1 atom stereocenters. The summed E-state index contributed by atoms with van der Waals surface area (Å²) in [6, 6.07) is 8.85. The smallest absolute Gasteiger partial charge is 0.119 e. The Hall–Kier alpha value is -1.06. The van der Waals surface area contributed by atoms with Gasteiger partial charge in [0, 0.05) is 6.61 Å². The summed E-state index contributed by atoms with van der Waals surface area (Å²) in [4.78, 5) is 0. The van der Waals surface area contributed by atoms with Crippen molar-refractivity contribution in [2.24, 2.45) is 0 Å². The Labute approximate surface area is 128 Å². The van der Waals surface area contributed by atoms with E-state index in [-0.39, 0.29) is 11.6 Å². The van der Waals surface area contributed by atoms with Crippen molar-refractivity contribution < 1.29 is 9.47 Å². The number of ether oxygens (including phenoxy) is 2. The molecule has 0 spiro atoms. The van der Waals surface area contributed by atoms with Gasteiger partial charge >= 0.3 is 0 Å². The van der Waals surface area contributed by atoms with Gasteiger partial charge in [0.05, 0.1) is 17.7 Å². The van der Waals surface area contributed by atoms with E-state index in [1.807, 2.05) is 7.05 Å². The van der Waals surface area contributed by atoms with Crippen LogP contribution in [0.4, 0.5) is 0 Å². The van der Waals surface area contributed by atoms with E-state index in [1.165, 1.54) is 31.2 Å². The van der Waals surface area contributed by atoms with Gasteiger partial charge in [0.1, 0.15) is 5.75 Å². The van der Waals surface area contributed by atoms with Gasteiger partial charge in [-0.05, 0) is 57.4 Å². The van der Waals surface area contributed by atoms with Crippen LogP contribution in [0, 0.1) is 0 Å². The summed E-state index contributed by atoms with van der Waals surface area (Å²) in [6.45, 7) is 2.88. The zero-order valence-corrected chi connectivity index (χ0v) is 13.2. The molecule has 2 aliphatic carbocycles. The maximum atomic E-state index is 6.21. The van der Waals surface area contributed by atoms with Crippen LogP contribution >= 0.6 is 0 Å². The van der Waals surface area contributed by atoms with Crippen molar-refractivity contribution in [1.29, 1.82) is 0 Å². The summed E-state index contributed by atoms with van der Waals surface area (Å²) in [7, 11) is 2.04. The summed E-state index contributed by atoms with van der Waals surface area (Å²) >= 11 is 0. The number of benzene rings is 1. The van der Waals surface area contributed by atoms with E-state index in [4.69, 9.17) is 9.47 Å². The molecule has 3 rings (SSSR count). The molecule has 0 saturated heterocycles. The maximum Gasteiger partial charge on any atom is 0.119 e. The van der Waals surface area contributed by atoms with Gasteiger partial charge in [0.25, 0.3) is 0 Å². The lowest BCUT2D eigenvalue weighted by Crippen LogP contribution is -2.43. The highest BCUT2D eigenvalue weighted by atomic mass is 16.5. The molecule has 0 heterocycles. The molecule has 2 saturated carbocycles. The first-order valence-corrected chi connectivity index (χ1v) is 8.35. The predicted molar refractivity (Wildman–Crippen MR) is 84.7 cm³/mol. The Morgan fingerprint density at radius 3 is 2.38 bits per heavy atom. The predicted octanol–water partition coefficient (Wildman–Crippen LogP) is 3.84. The zero-order valence-electron chi connectivity index (χ0n) is 13.2. The van der Waals surface area contributed by atoms with E-state index in [9.17, 15) is 0 Å². The highest BCUT2D eigenvalue weighted by Gasteiger charge is 2.42. The van der Waals surface area contributed by atoms with E-state index < -0.39 is 0 Å². The fourth-order valence-corrected chi connectivity index (χ4v) is 3.63. The molecule has 0 bridgehead atoms. The summed E-state index contributed by atoms with van der Waals surface area (Å²) in [5.74, 6) is 0.994. The van der Waals surface area contributed by atoms with Crippen molar-refractivity contribution in [1.82, 2.24) is 5.32 Å². The second kappa shape index (κ2) is 6.37. The number of rotatable bonds is 7. The molecule has 116 valence electrons. The van der Waals surface area contributed by atoms with Crippen LogP contribution in [0.3, 0.4) is 0 Å². The Bertz CT molecular complexity index is 447. The molecule has 3 heteroatoms. The lowest BCUT2D eigenvalue weighted by Gasteiger charge is -2.37. The van der Waals surface area contributed by atoms with Gasteiger partial charge < -0.3 is 14.8 Å². The molecule has 1 aromatic rings. The van der Waals surface area contributed by atoms with Crippen molar-refractivity contribution in [2.45, 2.75) is 63.2 Å². The van der Waals surface area contributed by atoms with Crippen molar-refractivity contribution in [3.05, 3.63) is 29.8 Å². The molecular formula is C18H27NO2. The average Bonchev–Trinajstić information content (AvgIpc) is 3.19. The first-order valence-electron chi connectivity index (χ1n) is 8.35. The van der Waals surface area contributed by atoms with Crippen LogP contribution in [0.15, 0.2) is 24.3 Å². The van der Waals surface area contributed by atoms with E-state index in [2.05, 4.69) is 36.5 Å². The SMILES string of the molecule is CCOC1(C(NC)c2ccc(OC3CC3)cc2)CCCC1. The van der Waals surface area contributed by atoms with Gasteiger partial charge in [0.2, 0.25) is 0 Å². The fourth-order valence-electron chi connectivity index (χ4n) is 3.63. The maximum absolute atomic E-state index is 6.21. The van der Waals surface area contributed by atoms with Gasteiger partial charge in [-0.1, -0.05) is 25.0 Å². The molecule has 2 aliphatic rings. The van der Waals surface area contributed by atoms with E-state index in [1.54, 1.807) is 0 Å². The minimum Gasteiger partial charge on any atom is -0.490 e. The highest BCUT2D eigenvalue weighted by molar-refractivity contribution is 5.31. The summed E-state index contributed by atoms with van der Waals surface area (Å²) in [6.07, 6.45) is 7.69. The van der Waals surface area contributed by atoms with Crippen molar-refractivity contribution >= 4 is 0 Å². The van der Waals surface area contributed by atoms with Gasteiger partial charge in [-0.25, -0.2) is 0 Å². The van der Waals surface area contributed by atoms with Crippen LogP contribution in [-0.2, 0) is 4.74 Å². The third kappa shape index (κ3) is 3.24. The third-order valence-electron chi connectivity index (χ3n) is 4.74. The van der Waals surface area contributed by atoms with Crippen LogP contribution in [0.5, 0.6) is 5.75 Å². The van der Waals surface area contributed by atoms with E-state index in [0.717, 1.165) is 25.2 Å². The molecule has 1 N–H and O–H groups in total. The topological polar surface area (TPSA) is 30.5 Å². The molecule has 2 fully saturated rings. The minimum absolute atomic E-state index is 0.0393. The van der Waals surface area contributed by atoms with Crippen LogP contribution in [-0.4, -0.2) is 25.4 Å². The number of hydrogen-bond acceptors (Lipinski definition) is 3. The normalized spacial score (nSPS) is 22.2. The molecular weight excluding hydrogens is 262 g/mol. The van der Waals surface area contributed by atoms with Crippen molar-refractivity contribution in [3.8, 4) is 5.75 Å². The summed E-state index contributed by atoms with van der Waals surface area (Å²) in [5, 5.41) is 3.49. The lowest BCUT2D eigenvalue weighted by atomic mass is 9.86. The fraction of sp³-hybridized carbons (Fsp3) is 0.667. The molecule has 0 aromatic heterocycles. The molecule has 3 nitrogen and oxygen atoms in total. The Balaban J connectivity index is 1.77. The van der Waals surface area contributed by atoms with Crippen molar-refractivity contribution in [2.75, 3.05) is 13.7 Å². The van der Waals surface area contributed by atoms with Crippen LogP contribution in [0.1, 0.15) is 57.1 Å². The minimum atomic E-state index is -0.0393. The van der Waals surface area contributed by atoms with Crippen LogP contribution < -0.4 is 10.1 Å². The quantitative estimate of drug-likeness (QED) is 0.827. The number of nitrogens with one attached hydrogen (secondary N) is 1. The Kier molecular flexibility index (Phi) is 4.51. The lowest BCUT2D eigenvalue weighted by molar-refractivity contribution is -0.0610. The Morgan fingerprint density at radius 1 is 1.19 bits per heavy atom. The molecule has 0 amide bonds. The third-order valence-corrected chi connectivity index (χ3v) is 4.74. The molecule has 0 radical (unpaired) electrons. The molecule has 1 unspecified atom stereocenters. The van der Waals surface area contributed by atoms with Crippen LogP contribution in [0.2, 0.25) is 0 Å². The number of hydrogen-bond donors (Lipinski definition) is 1. The average molecular weight is 289 g/mol. The number of likely N-dealkylation sites (N-methyl/N-ethyl adjacent to an activating group) is 1. The van der Waals surface area contributed by atoms with Gasteiger partial charge in [-0.3, -0.25) is 0 Å². The zero-order chi connectivity index (χ0) is 14.7. The molecule has 1 aromatic carbocycles. The van der Waals surface area contributed by atoms with Crippen molar-refractivity contribution in [3.63, 3.8) is 0 Å². The summed E-state index contributed by atoms with van der Waals surface area (Å²) < 4.78 is 12.0. The van der Waals surface area contributed by atoms with Gasteiger partial charge in [-0.15, -0.1) is 0 Å². The van der Waals surface area contributed by atoms with Gasteiger partial charge in [0.15, 0.2) is 0 Å². The second-order valence-electron chi connectivity index (χ2n) is 6.31. The Morgan fingerprint density at radius 2 is 1.86 bits per heavy atom. The van der Waals surface area contributed by atoms with Gasteiger partial charge in [-0.2, -0.15) is 0 Å². The molecule has 0 aliphatic heterocycles. The first-order chi connectivity index (χ1) is 10.3.